The number of amides is 1. The van der Waals surface area contributed by atoms with Crippen LogP contribution >= 0.6 is 0 Å². The third kappa shape index (κ3) is 3.99. The molecule has 1 aromatic heterocycles. The summed E-state index contributed by atoms with van der Waals surface area (Å²) in [6, 6.07) is 20.7. The van der Waals surface area contributed by atoms with Gasteiger partial charge in [-0.05, 0) is 51.1 Å². The van der Waals surface area contributed by atoms with E-state index in [-0.39, 0.29) is 5.91 Å². The predicted molar refractivity (Wildman–Crippen MR) is 112 cm³/mol. The van der Waals surface area contributed by atoms with Crippen LogP contribution in [0.25, 0.3) is 16.9 Å². The van der Waals surface area contributed by atoms with Gasteiger partial charge in [-0.15, -0.1) is 0 Å². The quantitative estimate of drug-likeness (QED) is 0.685. The normalized spacial score (nSPS) is 14.8. The zero-order chi connectivity index (χ0) is 19.5. The topological polar surface area (TPSA) is 50.2 Å². The predicted octanol–water partition coefficient (Wildman–Crippen LogP) is 3.75. The summed E-state index contributed by atoms with van der Waals surface area (Å²) in [6.45, 7) is 2.80. The number of carbonyl (C=O) groups excluding carboxylic acids is 1. The summed E-state index contributed by atoms with van der Waals surface area (Å²) in [5, 5.41) is 7.54. The molecule has 0 spiro atoms. The van der Waals surface area contributed by atoms with Crippen LogP contribution in [0.15, 0.2) is 66.9 Å². The Morgan fingerprint density at radius 3 is 2.71 bits per heavy atom. The van der Waals surface area contributed by atoms with Crippen molar-refractivity contribution in [2.75, 3.05) is 13.6 Å². The minimum atomic E-state index is -0.0497. The zero-order valence-corrected chi connectivity index (χ0v) is 16.4. The molecule has 0 bridgehead atoms. The molecule has 2 aromatic carbocycles. The highest BCUT2D eigenvalue weighted by molar-refractivity contribution is 5.94. The van der Waals surface area contributed by atoms with E-state index in [0.29, 0.717) is 24.2 Å². The second-order valence-corrected chi connectivity index (χ2v) is 7.50. The Hall–Kier alpha value is -2.92. The van der Waals surface area contributed by atoms with Crippen molar-refractivity contribution in [3.8, 4) is 16.9 Å². The van der Waals surface area contributed by atoms with Gasteiger partial charge in [0.1, 0.15) is 0 Å². The highest BCUT2D eigenvalue weighted by Gasteiger charge is 2.29. The number of hydrogen-bond acceptors (Lipinski definition) is 3. The second-order valence-electron chi connectivity index (χ2n) is 7.50. The van der Waals surface area contributed by atoms with Gasteiger partial charge in [0.2, 0.25) is 0 Å². The number of nitrogens with zero attached hydrogens (tertiary/aromatic N) is 3. The van der Waals surface area contributed by atoms with Crippen molar-refractivity contribution in [2.24, 2.45) is 0 Å². The van der Waals surface area contributed by atoms with Crippen LogP contribution in [0.3, 0.4) is 0 Å². The Balaban J connectivity index is 1.49. The van der Waals surface area contributed by atoms with Crippen molar-refractivity contribution in [3.63, 3.8) is 0 Å². The lowest BCUT2D eigenvalue weighted by Gasteiger charge is -2.24. The number of aromatic nitrogens is 2. The lowest BCUT2D eigenvalue weighted by molar-refractivity contribution is 0.0939. The Morgan fingerprint density at radius 2 is 1.96 bits per heavy atom. The summed E-state index contributed by atoms with van der Waals surface area (Å²) in [5.41, 5.74) is 3.61. The van der Waals surface area contributed by atoms with Crippen molar-refractivity contribution in [2.45, 2.75) is 31.8 Å². The molecule has 1 fully saturated rings. The van der Waals surface area contributed by atoms with Crippen molar-refractivity contribution in [3.05, 3.63) is 72.4 Å². The van der Waals surface area contributed by atoms with Gasteiger partial charge in [-0.25, -0.2) is 4.68 Å². The molecular formula is C23H26N4O. The van der Waals surface area contributed by atoms with Crippen LogP contribution in [0.4, 0.5) is 0 Å². The van der Waals surface area contributed by atoms with Gasteiger partial charge < -0.3 is 5.32 Å². The number of carbonyl (C=O) groups is 1. The molecule has 1 atom stereocenters. The SMILES string of the molecule is CC(CNC(=O)c1cccc(-n2nccc2-c2ccccc2)c1)N(C)C1CC1. The maximum atomic E-state index is 12.7. The number of benzene rings is 2. The van der Waals surface area contributed by atoms with Crippen LogP contribution in [0.1, 0.15) is 30.1 Å². The van der Waals surface area contributed by atoms with E-state index in [1.165, 1.54) is 12.8 Å². The molecule has 4 rings (SSSR count). The van der Waals surface area contributed by atoms with Crippen LogP contribution < -0.4 is 5.32 Å². The Bertz CT molecular complexity index is 946. The summed E-state index contributed by atoms with van der Waals surface area (Å²) in [6.07, 6.45) is 4.32. The van der Waals surface area contributed by atoms with E-state index in [9.17, 15) is 4.79 Å². The van der Waals surface area contributed by atoms with E-state index < -0.39 is 0 Å². The minimum absolute atomic E-state index is 0.0497. The standard InChI is InChI=1S/C23H26N4O/c1-17(26(2)20-11-12-20)16-24-23(28)19-9-6-10-21(15-19)27-22(13-14-25-27)18-7-4-3-5-8-18/h3-10,13-15,17,20H,11-12,16H2,1-2H3,(H,24,28). The molecule has 0 saturated heterocycles. The fourth-order valence-corrected chi connectivity index (χ4v) is 3.44. The van der Waals surface area contributed by atoms with Gasteiger partial charge in [-0.3, -0.25) is 9.69 Å². The number of hydrogen-bond donors (Lipinski definition) is 1. The highest BCUT2D eigenvalue weighted by atomic mass is 16.1. The minimum Gasteiger partial charge on any atom is -0.350 e. The Kier molecular flexibility index (Phi) is 5.26. The average molecular weight is 374 g/mol. The van der Waals surface area contributed by atoms with Crippen LogP contribution in [-0.2, 0) is 0 Å². The third-order valence-corrected chi connectivity index (χ3v) is 5.44. The lowest BCUT2D eigenvalue weighted by atomic mass is 10.1. The summed E-state index contributed by atoms with van der Waals surface area (Å²) in [4.78, 5) is 15.0. The molecular weight excluding hydrogens is 348 g/mol. The van der Waals surface area contributed by atoms with E-state index >= 15 is 0 Å². The van der Waals surface area contributed by atoms with Gasteiger partial charge in [0.25, 0.3) is 5.91 Å². The molecule has 0 radical (unpaired) electrons. The van der Waals surface area contributed by atoms with Gasteiger partial charge in [0.05, 0.1) is 17.6 Å². The first kappa shape index (κ1) is 18.4. The van der Waals surface area contributed by atoms with Gasteiger partial charge in [-0.2, -0.15) is 5.10 Å². The lowest BCUT2D eigenvalue weighted by Crippen LogP contribution is -2.41. The van der Waals surface area contributed by atoms with Gasteiger partial charge >= 0.3 is 0 Å². The first-order chi connectivity index (χ1) is 13.6. The van der Waals surface area contributed by atoms with E-state index in [4.69, 9.17) is 0 Å². The average Bonchev–Trinajstić information content (AvgIpc) is 3.48. The second kappa shape index (κ2) is 7.98. The smallest absolute Gasteiger partial charge is 0.251 e. The summed E-state index contributed by atoms with van der Waals surface area (Å²) < 4.78 is 1.87. The molecule has 1 heterocycles. The molecule has 0 aliphatic heterocycles. The molecule has 3 aromatic rings. The third-order valence-electron chi connectivity index (χ3n) is 5.44. The molecule has 1 saturated carbocycles. The Morgan fingerprint density at radius 1 is 1.18 bits per heavy atom. The van der Waals surface area contributed by atoms with E-state index in [1.54, 1.807) is 6.20 Å². The summed E-state index contributed by atoms with van der Waals surface area (Å²) in [5.74, 6) is -0.0497. The molecule has 1 aliphatic rings. The van der Waals surface area contributed by atoms with Gasteiger partial charge in [-0.1, -0.05) is 36.4 Å². The molecule has 1 unspecified atom stereocenters. The van der Waals surface area contributed by atoms with Gasteiger partial charge in [0.15, 0.2) is 0 Å². The van der Waals surface area contributed by atoms with E-state index in [1.807, 2.05) is 53.2 Å². The highest BCUT2D eigenvalue weighted by Crippen LogP contribution is 2.26. The zero-order valence-electron chi connectivity index (χ0n) is 16.4. The fourth-order valence-electron chi connectivity index (χ4n) is 3.44. The molecule has 5 heteroatoms. The molecule has 28 heavy (non-hydrogen) atoms. The van der Waals surface area contributed by atoms with Crippen LogP contribution in [0, 0.1) is 0 Å². The first-order valence-corrected chi connectivity index (χ1v) is 9.83. The number of nitrogens with one attached hydrogen (secondary N) is 1. The van der Waals surface area contributed by atoms with Crippen molar-refractivity contribution in [1.82, 2.24) is 20.0 Å². The van der Waals surface area contributed by atoms with Crippen LogP contribution in [-0.4, -0.2) is 46.3 Å². The van der Waals surface area contributed by atoms with E-state index in [2.05, 4.69) is 41.4 Å². The molecule has 144 valence electrons. The monoisotopic (exact) mass is 374 g/mol. The first-order valence-electron chi connectivity index (χ1n) is 9.83. The van der Waals surface area contributed by atoms with Crippen molar-refractivity contribution >= 4 is 5.91 Å². The molecule has 1 N–H and O–H groups in total. The Labute approximate surface area is 166 Å². The maximum absolute atomic E-state index is 12.7. The van der Waals surface area contributed by atoms with E-state index in [0.717, 1.165) is 16.9 Å². The molecule has 1 aliphatic carbocycles. The van der Waals surface area contributed by atoms with Gasteiger partial charge in [0, 0.05) is 29.8 Å². The maximum Gasteiger partial charge on any atom is 0.251 e. The van der Waals surface area contributed by atoms with Crippen molar-refractivity contribution in [1.29, 1.82) is 0 Å². The number of rotatable bonds is 7. The molecule has 5 nitrogen and oxygen atoms in total. The molecule has 1 amide bonds. The number of likely N-dealkylation sites (N-methyl/N-ethyl adjacent to an activating group) is 1. The largest absolute Gasteiger partial charge is 0.350 e. The van der Waals surface area contributed by atoms with Crippen molar-refractivity contribution < 1.29 is 4.79 Å². The van der Waals surface area contributed by atoms with Crippen LogP contribution in [0.5, 0.6) is 0 Å². The fraction of sp³-hybridized carbons (Fsp3) is 0.304. The summed E-state index contributed by atoms with van der Waals surface area (Å²) in [7, 11) is 2.14. The van der Waals surface area contributed by atoms with Crippen LogP contribution in [0.2, 0.25) is 0 Å². The summed E-state index contributed by atoms with van der Waals surface area (Å²) >= 11 is 0.